The van der Waals surface area contributed by atoms with Crippen molar-refractivity contribution in [1.82, 2.24) is 0 Å². The number of nitrogens with zero attached hydrogens (tertiary/aromatic N) is 1. The Balaban J connectivity index is 1.86. The first-order valence-electron chi connectivity index (χ1n) is 6.18. The van der Waals surface area contributed by atoms with Crippen molar-refractivity contribution in [3.8, 4) is 5.75 Å². The summed E-state index contributed by atoms with van der Waals surface area (Å²) < 4.78 is 5.88. The Morgan fingerprint density at radius 1 is 1.35 bits per heavy atom. The zero-order valence-corrected chi connectivity index (χ0v) is 10.3. The van der Waals surface area contributed by atoms with Gasteiger partial charge < -0.3 is 4.74 Å². The van der Waals surface area contributed by atoms with Gasteiger partial charge in [-0.15, -0.1) is 0 Å². The minimum absolute atomic E-state index is 0.198. The van der Waals surface area contributed by atoms with Crippen LogP contribution in [0.15, 0.2) is 29.3 Å². The summed E-state index contributed by atoms with van der Waals surface area (Å²) in [5, 5.41) is 0. The lowest BCUT2D eigenvalue weighted by Gasteiger charge is -2.27. The molecule has 1 aromatic carbocycles. The van der Waals surface area contributed by atoms with Gasteiger partial charge in [-0.25, -0.2) is 0 Å². The van der Waals surface area contributed by atoms with Gasteiger partial charge in [0.1, 0.15) is 11.4 Å². The number of rotatable bonds is 2. The van der Waals surface area contributed by atoms with E-state index in [2.05, 4.69) is 43.1 Å². The lowest BCUT2D eigenvalue weighted by molar-refractivity contribution is 0.159. The van der Waals surface area contributed by atoms with E-state index in [1.165, 1.54) is 12.8 Å². The van der Waals surface area contributed by atoms with Gasteiger partial charge in [0.15, 0.2) is 0 Å². The molecule has 0 spiro atoms. The van der Waals surface area contributed by atoms with E-state index in [1.54, 1.807) is 0 Å². The lowest BCUT2D eigenvalue weighted by Crippen LogP contribution is -2.27. The fourth-order valence-corrected chi connectivity index (χ4v) is 1.89. The number of ether oxygens (including phenoxy) is 1. The maximum absolute atomic E-state index is 5.88. The standard InChI is InChI=1S/C15H17NO/c1-15(2)8-7-12-9-11(3-6-14(12)17-15)10-16-13-4-5-13/h3,6-10,13H,4-5H2,1-2H3. The van der Waals surface area contributed by atoms with Crippen LogP contribution in [0, 0.1) is 0 Å². The van der Waals surface area contributed by atoms with Gasteiger partial charge in [-0.3, -0.25) is 4.99 Å². The van der Waals surface area contributed by atoms with Gasteiger partial charge in [0.05, 0.1) is 6.04 Å². The smallest absolute Gasteiger partial charge is 0.127 e. The second kappa shape index (κ2) is 3.73. The van der Waals surface area contributed by atoms with Crippen molar-refractivity contribution < 1.29 is 4.74 Å². The lowest BCUT2D eigenvalue weighted by atomic mass is 10.0. The molecule has 0 radical (unpaired) electrons. The predicted octanol–water partition coefficient (Wildman–Crippen LogP) is 3.45. The maximum Gasteiger partial charge on any atom is 0.127 e. The van der Waals surface area contributed by atoms with Gasteiger partial charge in [0, 0.05) is 11.8 Å². The summed E-state index contributed by atoms with van der Waals surface area (Å²) in [7, 11) is 0. The molecule has 17 heavy (non-hydrogen) atoms. The van der Waals surface area contributed by atoms with Crippen LogP contribution >= 0.6 is 0 Å². The molecule has 0 atom stereocenters. The summed E-state index contributed by atoms with van der Waals surface area (Å²) in [5.74, 6) is 0.959. The molecule has 0 aromatic heterocycles. The third kappa shape index (κ3) is 2.41. The average Bonchev–Trinajstić information content (AvgIpc) is 3.09. The first-order valence-corrected chi connectivity index (χ1v) is 6.18. The van der Waals surface area contributed by atoms with E-state index in [0.29, 0.717) is 6.04 Å². The van der Waals surface area contributed by atoms with Crippen molar-refractivity contribution in [3.05, 3.63) is 35.4 Å². The zero-order valence-electron chi connectivity index (χ0n) is 10.3. The highest BCUT2D eigenvalue weighted by Crippen LogP contribution is 2.31. The number of fused-ring (bicyclic) bond motifs is 1. The van der Waals surface area contributed by atoms with Gasteiger partial charge in [0.2, 0.25) is 0 Å². The topological polar surface area (TPSA) is 21.6 Å². The maximum atomic E-state index is 5.88. The van der Waals surface area contributed by atoms with E-state index < -0.39 is 0 Å². The van der Waals surface area contributed by atoms with Crippen molar-refractivity contribution in [2.45, 2.75) is 38.3 Å². The van der Waals surface area contributed by atoms with Crippen LogP contribution in [0.3, 0.4) is 0 Å². The van der Waals surface area contributed by atoms with Crippen LogP contribution in [0.1, 0.15) is 37.8 Å². The molecule has 0 amide bonds. The Bertz CT molecular complexity index is 496. The van der Waals surface area contributed by atoms with Crippen LogP contribution < -0.4 is 4.74 Å². The highest BCUT2D eigenvalue weighted by molar-refractivity contribution is 5.82. The van der Waals surface area contributed by atoms with Crippen LogP contribution in [0.2, 0.25) is 0 Å². The largest absolute Gasteiger partial charge is 0.483 e. The highest BCUT2D eigenvalue weighted by atomic mass is 16.5. The molecular weight excluding hydrogens is 210 g/mol. The summed E-state index contributed by atoms with van der Waals surface area (Å²) in [6, 6.07) is 6.82. The summed E-state index contributed by atoms with van der Waals surface area (Å²) in [6.07, 6.45) is 8.70. The third-order valence-corrected chi connectivity index (χ3v) is 3.05. The number of benzene rings is 1. The normalized spacial score (nSPS) is 21.3. The van der Waals surface area contributed by atoms with Gasteiger partial charge in [0.25, 0.3) is 0 Å². The monoisotopic (exact) mass is 227 g/mol. The fourth-order valence-electron chi connectivity index (χ4n) is 1.89. The quantitative estimate of drug-likeness (QED) is 0.709. The van der Waals surface area contributed by atoms with E-state index in [4.69, 9.17) is 4.74 Å². The van der Waals surface area contributed by atoms with Crippen LogP contribution in [0.4, 0.5) is 0 Å². The van der Waals surface area contributed by atoms with Crippen molar-refractivity contribution >= 4 is 12.3 Å². The Morgan fingerprint density at radius 3 is 2.94 bits per heavy atom. The van der Waals surface area contributed by atoms with Gasteiger partial charge in [-0.2, -0.15) is 0 Å². The minimum atomic E-state index is -0.198. The molecule has 2 nitrogen and oxygen atoms in total. The third-order valence-electron chi connectivity index (χ3n) is 3.05. The van der Waals surface area contributed by atoms with Crippen LogP contribution in [0.5, 0.6) is 5.75 Å². The molecule has 1 aliphatic carbocycles. The molecule has 0 bridgehead atoms. The number of aliphatic imine (C=N–C) groups is 1. The number of hydrogen-bond donors (Lipinski definition) is 0. The fraction of sp³-hybridized carbons (Fsp3) is 0.400. The van der Waals surface area contributed by atoms with Crippen molar-refractivity contribution in [1.29, 1.82) is 0 Å². The summed E-state index contributed by atoms with van der Waals surface area (Å²) in [4.78, 5) is 4.49. The zero-order chi connectivity index (χ0) is 11.9. The Labute approximate surface area is 102 Å². The van der Waals surface area contributed by atoms with Crippen LogP contribution in [-0.2, 0) is 0 Å². The number of hydrogen-bond acceptors (Lipinski definition) is 2. The first kappa shape index (κ1) is 10.6. The van der Waals surface area contributed by atoms with E-state index >= 15 is 0 Å². The molecule has 0 N–H and O–H groups in total. The molecule has 88 valence electrons. The van der Waals surface area contributed by atoms with Gasteiger partial charge in [-0.05, 0) is 56.5 Å². The van der Waals surface area contributed by atoms with Crippen molar-refractivity contribution in [3.63, 3.8) is 0 Å². The van der Waals surface area contributed by atoms with Crippen molar-refractivity contribution in [2.75, 3.05) is 0 Å². The molecule has 1 heterocycles. The summed E-state index contributed by atoms with van der Waals surface area (Å²) in [5.41, 5.74) is 2.10. The van der Waals surface area contributed by atoms with Crippen LogP contribution in [0.25, 0.3) is 6.08 Å². The molecule has 0 unspecified atom stereocenters. The molecule has 2 aliphatic rings. The van der Waals surface area contributed by atoms with Crippen LogP contribution in [-0.4, -0.2) is 17.9 Å². The van der Waals surface area contributed by atoms with Gasteiger partial charge >= 0.3 is 0 Å². The first-order chi connectivity index (χ1) is 8.12. The Kier molecular flexibility index (Phi) is 2.32. The van der Waals surface area contributed by atoms with E-state index in [-0.39, 0.29) is 5.60 Å². The second-order valence-corrected chi connectivity index (χ2v) is 5.35. The van der Waals surface area contributed by atoms with E-state index in [0.717, 1.165) is 16.9 Å². The minimum Gasteiger partial charge on any atom is -0.483 e. The second-order valence-electron chi connectivity index (χ2n) is 5.35. The molecular formula is C15H17NO. The molecule has 0 saturated heterocycles. The highest BCUT2D eigenvalue weighted by Gasteiger charge is 2.21. The Morgan fingerprint density at radius 2 is 2.18 bits per heavy atom. The van der Waals surface area contributed by atoms with E-state index in [1.807, 2.05) is 12.3 Å². The molecule has 1 aliphatic heterocycles. The molecule has 3 rings (SSSR count). The molecule has 1 saturated carbocycles. The summed E-state index contributed by atoms with van der Waals surface area (Å²) in [6.45, 7) is 4.13. The molecule has 2 heteroatoms. The predicted molar refractivity (Wildman–Crippen MR) is 70.8 cm³/mol. The van der Waals surface area contributed by atoms with Gasteiger partial charge in [-0.1, -0.05) is 6.08 Å². The molecule has 1 aromatic rings. The summed E-state index contributed by atoms with van der Waals surface area (Å²) >= 11 is 0. The Hall–Kier alpha value is -1.57. The van der Waals surface area contributed by atoms with E-state index in [9.17, 15) is 0 Å². The molecule has 1 fully saturated rings. The SMILES string of the molecule is CC1(C)C=Cc2cc(C=NC3CC3)ccc2O1. The van der Waals surface area contributed by atoms with Crippen molar-refractivity contribution in [2.24, 2.45) is 4.99 Å². The average molecular weight is 227 g/mol.